The van der Waals surface area contributed by atoms with Crippen LogP contribution >= 0.6 is 15.9 Å². The fourth-order valence-electron chi connectivity index (χ4n) is 0.955. The number of halogens is 5. The molecule has 0 spiro atoms. The van der Waals surface area contributed by atoms with Crippen LogP contribution in [0.4, 0.5) is 23.2 Å². The number of anilines is 1. The Labute approximate surface area is 97.4 Å². The third-order valence-corrected chi connectivity index (χ3v) is 2.29. The van der Waals surface area contributed by atoms with Gasteiger partial charge in [0, 0.05) is 11.0 Å². The molecular formula is C9H8BrF4NO. The van der Waals surface area contributed by atoms with E-state index in [4.69, 9.17) is 5.11 Å². The predicted molar refractivity (Wildman–Crippen MR) is 54.7 cm³/mol. The van der Waals surface area contributed by atoms with Crippen LogP contribution in [0.25, 0.3) is 0 Å². The van der Waals surface area contributed by atoms with E-state index in [9.17, 15) is 17.6 Å². The molecule has 0 amide bonds. The van der Waals surface area contributed by atoms with Crippen molar-refractivity contribution in [3.8, 4) is 0 Å². The molecule has 0 saturated heterocycles. The van der Waals surface area contributed by atoms with Gasteiger partial charge in [-0.15, -0.1) is 0 Å². The molecule has 1 unspecified atom stereocenters. The van der Waals surface area contributed by atoms with Crippen LogP contribution in [0.15, 0.2) is 22.7 Å². The second-order valence-corrected chi connectivity index (χ2v) is 3.98. The Morgan fingerprint density at radius 2 is 2.00 bits per heavy atom. The Morgan fingerprint density at radius 1 is 1.38 bits per heavy atom. The van der Waals surface area contributed by atoms with Gasteiger partial charge in [-0.25, -0.2) is 4.39 Å². The summed E-state index contributed by atoms with van der Waals surface area (Å²) in [6, 6.07) is 3.87. The molecule has 2 N–H and O–H groups in total. The number of hydrogen-bond donors (Lipinski definition) is 2. The van der Waals surface area contributed by atoms with E-state index < -0.39 is 24.6 Å². The zero-order chi connectivity index (χ0) is 12.3. The van der Waals surface area contributed by atoms with Gasteiger partial charge in [0.25, 0.3) is 0 Å². The van der Waals surface area contributed by atoms with Crippen molar-refractivity contribution in [1.82, 2.24) is 0 Å². The van der Waals surface area contributed by atoms with Crippen molar-refractivity contribution in [1.29, 1.82) is 0 Å². The molecule has 0 aliphatic rings. The number of alkyl halides is 3. The summed E-state index contributed by atoms with van der Waals surface area (Å²) in [5, 5.41) is 10.9. The Bertz CT molecular complexity index is 369. The fraction of sp³-hybridized carbons (Fsp3) is 0.333. The molecule has 90 valence electrons. The lowest BCUT2D eigenvalue weighted by Crippen LogP contribution is -2.35. The minimum atomic E-state index is -4.71. The van der Waals surface area contributed by atoms with Crippen molar-refractivity contribution in [2.75, 3.05) is 11.9 Å². The van der Waals surface area contributed by atoms with Gasteiger partial charge in [0.05, 0.1) is 5.69 Å². The lowest BCUT2D eigenvalue weighted by molar-refractivity contribution is -0.198. The average molecular weight is 302 g/mol. The number of benzene rings is 1. The van der Waals surface area contributed by atoms with E-state index in [2.05, 4.69) is 21.2 Å². The lowest BCUT2D eigenvalue weighted by atomic mass is 10.3. The molecule has 1 atom stereocenters. The number of aliphatic hydroxyl groups excluding tert-OH is 1. The molecule has 0 fully saturated rings. The molecule has 0 heterocycles. The second kappa shape index (κ2) is 5.01. The molecule has 0 aliphatic heterocycles. The molecule has 2 nitrogen and oxygen atoms in total. The van der Waals surface area contributed by atoms with Gasteiger partial charge in [-0.2, -0.15) is 13.2 Å². The summed E-state index contributed by atoms with van der Waals surface area (Å²) in [6.07, 6.45) is -7.23. The van der Waals surface area contributed by atoms with E-state index in [1.54, 1.807) is 0 Å². The second-order valence-electron chi connectivity index (χ2n) is 3.06. The van der Waals surface area contributed by atoms with E-state index in [-0.39, 0.29) is 5.69 Å². The van der Waals surface area contributed by atoms with Crippen LogP contribution in [0.1, 0.15) is 0 Å². The van der Waals surface area contributed by atoms with E-state index in [0.29, 0.717) is 4.47 Å². The Hall–Kier alpha value is -0.820. The summed E-state index contributed by atoms with van der Waals surface area (Å²) in [7, 11) is 0. The highest BCUT2D eigenvalue weighted by Crippen LogP contribution is 2.22. The van der Waals surface area contributed by atoms with Crippen molar-refractivity contribution in [2.24, 2.45) is 0 Å². The smallest absolute Gasteiger partial charge is 0.382 e. The zero-order valence-electron chi connectivity index (χ0n) is 7.85. The van der Waals surface area contributed by atoms with E-state index >= 15 is 0 Å². The number of rotatable bonds is 3. The Kier molecular flexibility index (Phi) is 4.15. The average Bonchev–Trinajstić information content (AvgIpc) is 2.14. The molecule has 0 radical (unpaired) electrons. The van der Waals surface area contributed by atoms with E-state index in [0.717, 1.165) is 6.07 Å². The van der Waals surface area contributed by atoms with Gasteiger partial charge in [0.1, 0.15) is 5.82 Å². The van der Waals surface area contributed by atoms with Crippen LogP contribution in [-0.2, 0) is 0 Å². The fourth-order valence-corrected chi connectivity index (χ4v) is 1.29. The largest absolute Gasteiger partial charge is 0.416 e. The van der Waals surface area contributed by atoms with Gasteiger partial charge in [0.2, 0.25) is 0 Å². The highest BCUT2D eigenvalue weighted by molar-refractivity contribution is 9.10. The molecule has 0 bridgehead atoms. The minimum Gasteiger partial charge on any atom is -0.382 e. The lowest BCUT2D eigenvalue weighted by Gasteiger charge is -2.16. The highest BCUT2D eigenvalue weighted by Gasteiger charge is 2.37. The summed E-state index contributed by atoms with van der Waals surface area (Å²) in [5.74, 6) is -0.691. The van der Waals surface area contributed by atoms with E-state index in [1.165, 1.54) is 12.1 Å². The van der Waals surface area contributed by atoms with Crippen LogP contribution in [0.5, 0.6) is 0 Å². The quantitative estimate of drug-likeness (QED) is 0.842. The molecular weight excluding hydrogens is 294 g/mol. The van der Waals surface area contributed by atoms with Crippen LogP contribution in [0.2, 0.25) is 0 Å². The van der Waals surface area contributed by atoms with Gasteiger partial charge in [-0.1, -0.05) is 15.9 Å². The third kappa shape index (κ3) is 3.64. The Balaban J connectivity index is 2.62. The summed E-state index contributed by atoms with van der Waals surface area (Å²) in [6.45, 7) is -0.790. The maximum atomic E-state index is 13.1. The van der Waals surface area contributed by atoms with Crippen molar-refractivity contribution in [2.45, 2.75) is 12.3 Å². The Morgan fingerprint density at radius 3 is 2.50 bits per heavy atom. The van der Waals surface area contributed by atoms with Crippen LogP contribution in [0.3, 0.4) is 0 Å². The van der Waals surface area contributed by atoms with Crippen LogP contribution in [0, 0.1) is 5.82 Å². The standard InChI is InChI=1S/C9H8BrF4NO/c10-5-1-2-7(6(11)3-5)15-4-8(16)9(12,13)14/h1-3,8,15-16H,4H2. The van der Waals surface area contributed by atoms with Crippen molar-refractivity contribution < 1.29 is 22.7 Å². The molecule has 1 aromatic rings. The van der Waals surface area contributed by atoms with Gasteiger partial charge in [-0.3, -0.25) is 0 Å². The molecule has 7 heteroatoms. The van der Waals surface area contributed by atoms with Gasteiger partial charge >= 0.3 is 6.18 Å². The number of aliphatic hydroxyl groups is 1. The number of hydrogen-bond acceptors (Lipinski definition) is 2. The summed E-state index contributed by atoms with van der Waals surface area (Å²) >= 11 is 3.01. The summed E-state index contributed by atoms with van der Waals surface area (Å²) in [5.41, 5.74) is -0.0912. The zero-order valence-corrected chi connectivity index (χ0v) is 9.44. The normalized spacial score (nSPS) is 13.6. The van der Waals surface area contributed by atoms with E-state index in [1.807, 2.05) is 0 Å². The van der Waals surface area contributed by atoms with Crippen LogP contribution in [-0.4, -0.2) is 23.9 Å². The maximum Gasteiger partial charge on any atom is 0.416 e. The van der Waals surface area contributed by atoms with Gasteiger partial charge in [-0.05, 0) is 18.2 Å². The molecule has 1 rings (SSSR count). The summed E-state index contributed by atoms with van der Waals surface area (Å²) in [4.78, 5) is 0. The molecule has 0 saturated carbocycles. The maximum absolute atomic E-state index is 13.1. The van der Waals surface area contributed by atoms with Gasteiger partial charge in [0.15, 0.2) is 6.10 Å². The molecule has 16 heavy (non-hydrogen) atoms. The SMILES string of the molecule is OC(CNc1ccc(Br)cc1F)C(F)(F)F. The molecule has 1 aromatic carbocycles. The molecule has 0 aliphatic carbocycles. The summed E-state index contributed by atoms with van der Waals surface area (Å²) < 4.78 is 49.4. The predicted octanol–water partition coefficient (Wildman–Crippen LogP) is 2.92. The first-order chi connectivity index (χ1) is 7.30. The monoisotopic (exact) mass is 301 g/mol. The first kappa shape index (κ1) is 13.2. The number of nitrogens with one attached hydrogen (secondary N) is 1. The topological polar surface area (TPSA) is 32.3 Å². The molecule has 0 aromatic heterocycles. The first-order valence-electron chi connectivity index (χ1n) is 4.24. The highest BCUT2D eigenvalue weighted by atomic mass is 79.9. The van der Waals surface area contributed by atoms with Crippen molar-refractivity contribution in [3.05, 3.63) is 28.5 Å². The van der Waals surface area contributed by atoms with Crippen molar-refractivity contribution in [3.63, 3.8) is 0 Å². The van der Waals surface area contributed by atoms with Gasteiger partial charge < -0.3 is 10.4 Å². The minimum absolute atomic E-state index is 0.0912. The van der Waals surface area contributed by atoms with Crippen LogP contribution < -0.4 is 5.32 Å². The third-order valence-electron chi connectivity index (χ3n) is 1.79. The first-order valence-corrected chi connectivity index (χ1v) is 5.03. The van der Waals surface area contributed by atoms with Crippen molar-refractivity contribution >= 4 is 21.6 Å².